The normalized spacial score (nSPS) is 10.8. The highest BCUT2D eigenvalue weighted by molar-refractivity contribution is 5.97. The van der Waals surface area contributed by atoms with Crippen molar-refractivity contribution < 1.29 is 18.3 Å². The summed E-state index contributed by atoms with van der Waals surface area (Å²) in [6.45, 7) is 0.998. The fourth-order valence-electron chi connectivity index (χ4n) is 2.63. The van der Waals surface area contributed by atoms with Crippen molar-refractivity contribution >= 4 is 5.91 Å². The number of amides is 1. The monoisotopic (exact) mass is 348 g/mol. The maximum Gasteiger partial charge on any atom is 0.260 e. The molecule has 2 rings (SSSR count). The molecule has 0 aromatic heterocycles. The van der Waals surface area contributed by atoms with Crippen LogP contribution >= 0.6 is 0 Å². The number of benzene rings is 2. The molecule has 0 unspecified atom stereocenters. The van der Waals surface area contributed by atoms with Crippen molar-refractivity contribution in [3.05, 3.63) is 64.7 Å². The smallest absolute Gasteiger partial charge is 0.260 e. The summed E-state index contributed by atoms with van der Waals surface area (Å²) < 4.78 is 32.7. The molecule has 0 N–H and O–H groups in total. The van der Waals surface area contributed by atoms with E-state index in [2.05, 4.69) is 0 Å². The molecule has 2 aromatic carbocycles. The van der Waals surface area contributed by atoms with Gasteiger partial charge < -0.3 is 14.5 Å². The third-order valence-corrected chi connectivity index (χ3v) is 3.85. The van der Waals surface area contributed by atoms with E-state index in [0.717, 1.165) is 23.7 Å². The Kier molecular flexibility index (Phi) is 6.09. The van der Waals surface area contributed by atoms with Crippen LogP contribution in [-0.4, -0.2) is 44.0 Å². The van der Waals surface area contributed by atoms with E-state index in [4.69, 9.17) is 4.74 Å². The van der Waals surface area contributed by atoms with Crippen molar-refractivity contribution in [3.8, 4) is 5.75 Å². The number of methoxy groups -OCH3 is 1. The summed E-state index contributed by atoms with van der Waals surface area (Å²) in [4.78, 5) is 16.0. The topological polar surface area (TPSA) is 32.8 Å². The van der Waals surface area contributed by atoms with E-state index >= 15 is 0 Å². The van der Waals surface area contributed by atoms with E-state index in [0.29, 0.717) is 0 Å². The van der Waals surface area contributed by atoms with Crippen LogP contribution < -0.4 is 4.74 Å². The SMILES string of the molecule is COc1ccc(F)c(F)c1C(=O)N(C)Cc1ccccc1CN(C)C. The molecular weight excluding hydrogens is 326 g/mol. The quantitative estimate of drug-likeness (QED) is 0.803. The van der Waals surface area contributed by atoms with E-state index < -0.39 is 23.1 Å². The van der Waals surface area contributed by atoms with Gasteiger partial charge in [-0.3, -0.25) is 4.79 Å². The van der Waals surface area contributed by atoms with Gasteiger partial charge in [-0.1, -0.05) is 24.3 Å². The summed E-state index contributed by atoms with van der Waals surface area (Å²) in [7, 11) is 6.78. The van der Waals surface area contributed by atoms with Crippen molar-refractivity contribution in [3.63, 3.8) is 0 Å². The summed E-state index contributed by atoms with van der Waals surface area (Å²) in [6, 6.07) is 9.91. The third-order valence-electron chi connectivity index (χ3n) is 3.85. The Morgan fingerprint density at radius 1 is 1.00 bits per heavy atom. The number of nitrogens with zero attached hydrogens (tertiary/aromatic N) is 2. The molecule has 0 aliphatic rings. The summed E-state index contributed by atoms with van der Waals surface area (Å²) in [5.74, 6) is -2.89. The minimum Gasteiger partial charge on any atom is -0.496 e. The Balaban J connectivity index is 2.30. The van der Waals surface area contributed by atoms with Gasteiger partial charge in [0.2, 0.25) is 0 Å². The van der Waals surface area contributed by atoms with Gasteiger partial charge >= 0.3 is 0 Å². The highest BCUT2D eigenvalue weighted by Gasteiger charge is 2.24. The van der Waals surface area contributed by atoms with E-state index in [-0.39, 0.29) is 12.3 Å². The molecule has 0 spiro atoms. The molecule has 0 saturated carbocycles. The van der Waals surface area contributed by atoms with Crippen molar-refractivity contribution in [2.24, 2.45) is 0 Å². The van der Waals surface area contributed by atoms with Crippen molar-refractivity contribution in [2.45, 2.75) is 13.1 Å². The highest BCUT2D eigenvalue weighted by atomic mass is 19.2. The zero-order valence-electron chi connectivity index (χ0n) is 14.8. The Morgan fingerprint density at radius 2 is 1.60 bits per heavy atom. The van der Waals surface area contributed by atoms with Gasteiger partial charge in [0.05, 0.1) is 7.11 Å². The average molecular weight is 348 g/mol. The Hall–Kier alpha value is -2.47. The number of hydrogen-bond acceptors (Lipinski definition) is 3. The van der Waals surface area contributed by atoms with Gasteiger partial charge in [-0.25, -0.2) is 8.78 Å². The second-order valence-electron chi connectivity index (χ2n) is 6.11. The van der Waals surface area contributed by atoms with Crippen LogP contribution in [0.1, 0.15) is 21.5 Å². The zero-order chi connectivity index (χ0) is 18.6. The van der Waals surface area contributed by atoms with Crippen LogP contribution in [0, 0.1) is 11.6 Å². The van der Waals surface area contributed by atoms with Gasteiger partial charge in [-0.2, -0.15) is 0 Å². The van der Waals surface area contributed by atoms with E-state index in [1.54, 1.807) is 7.05 Å². The number of carbonyl (C=O) groups excluding carboxylic acids is 1. The maximum atomic E-state index is 14.1. The largest absolute Gasteiger partial charge is 0.496 e. The van der Waals surface area contributed by atoms with Crippen LogP contribution in [0.3, 0.4) is 0 Å². The van der Waals surface area contributed by atoms with Crippen LogP contribution in [0.2, 0.25) is 0 Å². The van der Waals surface area contributed by atoms with Crippen LogP contribution in [-0.2, 0) is 13.1 Å². The second kappa shape index (κ2) is 8.07. The zero-order valence-corrected chi connectivity index (χ0v) is 14.8. The molecule has 1 amide bonds. The van der Waals surface area contributed by atoms with Gasteiger partial charge in [0.15, 0.2) is 11.6 Å². The average Bonchev–Trinajstić information content (AvgIpc) is 2.57. The molecule has 0 radical (unpaired) electrons. The third kappa shape index (κ3) is 4.33. The lowest BCUT2D eigenvalue weighted by Crippen LogP contribution is -2.28. The summed E-state index contributed by atoms with van der Waals surface area (Å²) in [5.41, 5.74) is 1.62. The number of ether oxygens (including phenoxy) is 1. The molecule has 0 saturated heterocycles. The first-order valence-corrected chi connectivity index (χ1v) is 7.84. The highest BCUT2D eigenvalue weighted by Crippen LogP contribution is 2.25. The molecule has 0 atom stereocenters. The van der Waals surface area contributed by atoms with E-state index in [9.17, 15) is 13.6 Å². The van der Waals surface area contributed by atoms with Crippen molar-refractivity contribution in [1.29, 1.82) is 0 Å². The number of rotatable bonds is 6. The number of hydrogen-bond donors (Lipinski definition) is 0. The first-order chi connectivity index (χ1) is 11.8. The molecule has 6 heteroatoms. The predicted octanol–water partition coefficient (Wildman–Crippen LogP) is 3.31. The minimum absolute atomic E-state index is 0.0114. The number of halogens is 2. The first kappa shape index (κ1) is 18.9. The molecule has 25 heavy (non-hydrogen) atoms. The fourth-order valence-corrected chi connectivity index (χ4v) is 2.63. The summed E-state index contributed by atoms with van der Waals surface area (Å²) in [5, 5.41) is 0. The summed E-state index contributed by atoms with van der Waals surface area (Å²) in [6.07, 6.45) is 0. The fraction of sp³-hybridized carbons (Fsp3) is 0.316. The standard InChI is InChI=1S/C19H22F2N2O2/c1-22(2)11-13-7-5-6-8-14(13)12-23(3)19(24)17-16(25-4)10-9-15(20)18(17)21/h5-10H,11-12H2,1-4H3. The van der Waals surface area contributed by atoms with Crippen molar-refractivity contribution in [2.75, 3.05) is 28.3 Å². The van der Waals surface area contributed by atoms with Gasteiger partial charge in [0.25, 0.3) is 5.91 Å². The van der Waals surface area contributed by atoms with Gasteiger partial charge in [-0.15, -0.1) is 0 Å². The molecular formula is C19H22F2N2O2. The lowest BCUT2D eigenvalue weighted by Gasteiger charge is -2.22. The summed E-state index contributed by atoms with van der Waals surface area (Å²) >= 11 is 0. The molecule has 2 aromatic rings. The molecule has 0 heterocycles. The number of carbonyl (C=O) groups is 1. The predicted molar refractivity (Wildman–Crippen MR) is 92.5 cm³/mol. The Bertz CT molecular complexity index is 763. The van der Waals surface area contributed by atoms with E-state index in [1.807, 2.05) is 43.3 Å². The maximum absolute atomic E-state index is 14.1. The van der Waals surface area contributed by atoms with Crippen LogP contribution in [0.4, 0.5) is 8.78 Å². The van der Waals surface area contributed by atoms with Gasteiger partial charge in [0.1, 0.15) is 11.3 Å². The van der Waals surface area contributed by atoms with Gasteiger partial charge in [0, 0.05) is 20.1 Å². The molecule has 0 aliphatic heterocycles. The molecule has 0 aliphatic carbocycles. The molecule has 134 valence electrons. The Morgan fingerprint density at radius 3 is 2.16 bits per heavy atom. The van der Waals surface area contributed by atoms with Crippen LogP contribution in [0.5, 0.6) is 5.75 Å². The van der Waals surface area contributed by atoms with Crippen LogP contribution in [0.25, 0.3) is 0 Å². The molecule has 0 bridgehead atoms. The van der Waals surface area contributed by atoms with E-state index in [1.165, 1.54) is 18.1 Å². The lowest BCUT2D eigenvalue weighted by molar-refractivity contribution is 0.0775. The first-order valence-electron chi connectivity index (χ1n) is 7.84. The lowest BCUT2D eigenvalue weighted by atomic mass is 10.1. The Labute approximate surface area is 146 Å². The minimum atomic E-state index is -1.20. The van der Waals surface area contributed by atoms with Crippen LogP contribution in [0.15, 0.2) is 36.4 Å². The molecule has 4 nitrogen and oxygen atoms in total. The second-order valence-corrected chi connectivity index (χ2v) is 6.11. The van der Waals surface area contributed by atoms with Gasteiger partial charge in [-0.05, 0) is 37.4 Å². The van der Waals surface area contributed by atoms with Crippen molar-refractivity contribution in [1.82, 2.24) is 9.80 Å². The molecule has 0 fully saturated rings.